The first-order chi connectivity index (χ1) is 13.0. The molecule has 2 aromatic heterocycles. The summed E-state index contributed by atoms with van der Waals surface area (Å²) in [5.41, 5.74) is 7.95. The zero-order chi connectivity index (χ0) is 19.0. The fourth-order valence-electron chi connectivity index (χ4n) is 3.35. The number of amides is 1. The molecule has 27 heavy (non-hydrogen) atoms. The number of carbonyl (C=O) groups excluding carboxylic acids is 1. The van der Waals surface area contributed by atoms with E-state index in [-0.39, 0.29) is 0 Å². The first kappa shape index (κ1) is 17.8. The van der Waals surface area contributed by atoms with E-state index in [1.165, 1.54) is 6.20 Å². The van der Waals surface area contributed by atoms with Crippen molar-refractivity contribution in [2.75, 3.05) is 25.5 Å². The highest BCUT2D eigenvalue weighted by Crippen LogP contribution is 2.25. The summed E-state index contributed by atoms with van der Waals surface area (Å²) in [5, 5.41) is 4.16. The van der Waals surface area contributed by atoms with Crippen LogP contribution in [-0.2, 0) is 0 Å². The van der Waals surface area contributed by atoms with Gasteiger partial charge in [-0.05, 0) is 45.1 Å². The minimum absolute atomic E-state index is 0.296. The molecule has 0 atom stereocenters. The summed E-state index contributed by atoms with van der Waals surface area (Å²) in [6, 6.07) is 7.74. The number of carbonyl (C=O) groups is 1. The van der Waals surface area contributed by atoms with E-state index in [2.05, 4.69) is 27.2 Å². The van der Waals surface area contributed by atoms with Gasteiger partial charge in [0.1, 0.15) is 5.56 Å². The molecule has 3 heterocycles. The molecule has 1 saturated heterocycles. The number of nitrogens with one attached hydrogen (secondary N) is 1. The Bertz CT molecular complexity index is 976. The number of rotatable bonds is 4. The van der Waals surface area contributed by atoms with Gasteiger partial charge in [0.05, 0.1) is 5.69 Å². The van der Waals surface area contributed by atoms with Gasteiger partial charge in [0.15, 0.2) is 5.65 Å². The van der Waals surface area contributed by atoms with E-state index in [1.54, 1.807) is 0 Å². The van der Waals surface area contributed by atoms with Gasteiger partial charge < -0.3 is 16.0 Å². The van der Waals surface area contributed by atoms with Gasteiger partial charge in [-0.15, -0.1) is 0 Å². The highest BCUT2D eigenvalue weighted by atomic mass is 35.5. The van der Waals surface area contributed by atoms with Gasteiger partial charge in [-0.3, -0.25) is 9.20 Å². The second-order valence-electron chi connectivity index (χ2n) is 6.91. The van der Waals surface area contributed by atoms with Crippen LogP contribution in [0.2, 0.25) is 5.02 Å². The molecule has 1 aliphatic heterocycles. The van der Waals surface area contributed by atoms with Crippen LogP contribution in [0.4, 0.5) is 5.95 Å². The molecule has 0 bridgehead atoms. The summed E-state index contributed by atoms with van der Waals surface area (Å²) in [6.45, 7) is 2.08. The molecule has 0 aliphatic carbocycles. The molecule has 0 radical (unpaired) electrons. The van der Waals surface area contributed by atoms with Crippen LogP contribution >= 0.6 is 11.6 Å². The van der Waals surface area contributed by atoms with Gasteiger partial charge in [-0.25, -0.2) is 9.97 Å². The molecule has 1 aliphatic rings. The lowest BCUT2D eigenvalue weighted by atomic mass is 10.1. The van der Waals surface area contributed by atoms with Crippen molar-refractivity contribution in [1.82, 2.24) is 19.3 Å². The zero-order valence-corrected chi connectivity index (χ0v) is 15.8. The number of hydrogen-bond donors (Lipinski definition) is 2. The molecule has 1 amide bonds. The smallest absolute Gasteiger partial charge is 0.254 e. The van der Waals surface area contributed by atoms with Crippen molar-refractivity contribution < 1.29 is 4.79 Å². The van der Waals surface area contributed by atoms with Crippen LogP contribution in [0, 0.1) is 0 Å². The number of imidazole rings is 1. The molecular formula is C19H21ClN6O. The number of primary amides is 1. The maximum Gasteiger partial charge on any atom is 0.254 e. The third kappa shape index (κ3) is 3.61. The molecule has 3 N–H and O–H groups in total. The highest BCUT2D eigenvalue weighted by molar-refractivity contribution is 6.30. The molecular weight excluding hydrogens is 364 g/mol. The quantitative estimate of drug-likeness (QED) is 0.721. The third-order valence-electron chi connectivity index (χ3n) is 4.95. The Hall–Kier alpha value is -2.64. The monoisotopic (exact) mass is 384 g/mol. The normalized spacial score (nSPS) is 15.9. The van der Waals surface area contributed by atoms with Crippen LogP contribution in [0.25, 0.3) is 16.9 Å². The van der Waals surface area contributed by atoms with Crippen molar-refractivity contribution in [3.05, 3.63) is 47.2 Å². The number of piperidine rings is 1. The van der Waals surface area contributed by atoms with Crippen molar-refractivity contribution >= 4 is 29.1 Å². The molecule has 3 aromatic rings. The van der Waals surface area contributed by atoms with Crippen molar-refractivity contribution in [2.24, 2.45) is 5.73 Å². The molecule has 0 saturated carbocycles. The largest absolute Gasteiger partial charge is 0.365 e. The third-order valence-corrected chi connectivity index (χ3v) is 5.20. The number of nitrogens with zero attached hydrogens (tertiary/aromatic N) is 4. The lowest BCUT2D eigenvalue weighted by molar-refractivity contribution is 0.100. The number of anilines is 1. The van der Waals surface area contributed by atoms with Crippen LogP contribution in [0.15, 0.2) is 36.7 Å². The minimum atomic E-state index is -0.549. The van der Waals surface area contributed by atoms with Crippen LogP contribution in [-0.4, -0.2) is 51.4 Å². The fourth-order valence-corrected chi connectivity index (χ4v) is 3.48. The topological polar surface area (TPSA) is 88.5 Å². The number of halogens is 1. The summed E-state index contributed by atoms with van der Waals surface area (Å²) < 4.78 is 1.81. The summed E-state index contributed by atoms with van der Waals surface area (Å²) in [5.74, 6) is 0.115. The number of likely N-dealkylation sites (tertiary alicyclic amines) is 1. The summed E-state index contributed by atoms with van der Waals surface area (Å²) in [7, 11) is 2.13. The van der Waals surface area contributed by atoms with Gasteiger partial charge in [-0.1, -0.05) is 23.7 Å². The molecule has 140 valence electrons. The van der Waals surface area contributed by atoms with E-state index in [0.717, 1.165) is 37.2 Å². The van der Waals surface area contributed by atoms with Gasteiger partial charge in [-0.2, -0.15) is 0 Å². The first-order valence-electron chi connectivity index (χ1n) is 8.90. The zero-order valence-electron chi connectivity index (χ0n) is 15.0. The van der Waals surface area contributed by atoms with Crippen LogP contribution in [0.3, 0.4) is 0 Å². The number of nitrogens with two attached hydrogens (primary N) is 1. The second-order valence-corrected chi connectivity index (χ2v) is 7.34. The van der Waals surface area contributed by atoms with E-state index >= 15 is 0 Å². The maximum atomic E-state index is 11.8. The second kappa shape index (κ2) is 7.17. The lowest BCUT2D eigenvalue weighted by Crippen LogP contribution is -2.37. The van der Waals surface area contributed by atoms with Crippen molar-refractivity contribution in [3.8, 4) is 11.3 Å². The summed E-state index contributed by atoms with van der Waals surface area (Å²) in [6.07, 6.45) is 5.44. The van der Waals surface area contributed by atoms with E-state index < -0.39 is 5.91 Å². The standard InChI is InChI=1S/C19H21ClN6O/c1-25-8-6-14(7-9-25)23-19-22-10-15(17(21)27)18-24-16(11-26(18)19)12-2-4-13(20)5-3-12/h2-5,10-11,14H,6-9H2,1H3,(H2,21,27)(H,22,23). The molecule has 1 fully saturated rings. The summed E-state index contributed by atoms with van der Waals surface area (Å²) in [4.78, 5) is 23.2. The minimum Gasteiger partial charge on any atom is -0.365 e. The Morgan fingerprint density at radius 3 is 2.63 bits per heavy atom. The summed E-state index contributed by atoms with van der Waals surface area (Å²) >= 11 is 5.98. The Balaban J connectivity index is 1.74. The van der Waals surface area contributed by atoms with Crippen molar-refractivity contribution in [2.45, 2.75) is 18.9 Å². The van der Waals surface area contributed by atoms with E-state index in [9.17, 15) is 4.79 Å². The number of hydrogen-bond acceptors (Lipinski definition) is 5. The highest BCUT2D eigenvalue weighted by Gasteiger charge is 2.20. The average Bonchev–Trinajstić information content (AvgIpc) is 3.09. The number of fused-ring (bicyclic) bond motifs is 1. The van der Waals surface area contributed by atoms with Gasteiger partial charge in [0.2, 0.25) is 5.95 Å². The molecule has 0 unspecified atom stereocenters. The first-order valence-corrected chi connectivity index (χ1v) is 9.28. The van der Waals surface area contributed by atoms with Gasteiger partial charge >= 0.3 is 0 Å². The predicted octanol–water partition coefficient (Wildman–Crippen LogP) is 2.65. The number of aromatic nitrogens is 3. The average molecular weight is 385 g/mol. The van der Waals surface area contributed by atoms with Gasteiger partial charge in [0.25, 0.3) is 5.91 Å². The Morgan fingerprint density at radius 1 is 1.26 bits per heavy atom. The molecule has 4 rings (SSSR count). The molecule has 8 heteroatoms. The molecule has 0 spiro atoms. The van der Waals surface area contributed by atoms with Crippen LogP contribution in [0.1, 0.15) is 23.2 Å². The molecule has 1 aromatic carbocycles. The Morgan fingerprint density at radius 2 is 1.96 bits per heavy atom. The number of benzene rings is 1. The predicted molar refractivity (Wildman–Crippen MR) is 106 cm³/mol. The lowest BCUT2D eigenvalue weighted by Gasteiger charge is -2.29. The van der Waals surface area contributed by atoms with E-state index in [1.807, 2.05) is 34.9 Å². The van der Waals surface area contributed by atoms with Crippen LogP contribution in [0.5, 0.6) is 0 Å². The van der Waals surface area contributed by atoms with Crippen LogP contribution < -0.4 is 11.1 Å². The van der Waals surface area contributed by atoms with E-state index in [4.69, 9.17) is 17.3 Å². The SMILES string of the molecule is CN1CCC(Nc2ncc(C(N)=O)c3nc(-c4ccc(Cl)cc4)cn23)CC1. The molecule has 7 nitrogen and oxygen atoms in total. The van der Waals surface area contributed by atoms with Crippen molar-refractivity contribution in [1.29, 1.82) is 0 Å². The maximum absolute atomic E-state index is 11.8. The Labute approximate surface area is 162 Å². The van der Waals surface area contributed by atoms with Crippen molar-refractivity contribution in [3.63, 3.8) is 0 Å². The Kier molecular flexibility index (Phi) is 4.72. The fraction of sp³-hybridized carbons (Fsp3) is 0.316. The van der Waals surface area contributed by atoms with E-state index in [0.29, 0.717) is 28.2 Å². The van der Waals surface area contributed by atoms with Gasteiger partial charge in [0, 0.05) is 29.0 Å².